The van der Waals surface area contributed by atoms with E-state index in [-0.39, 0.29) is 24.0 Å². The zero-order valence-electron chi connectivity index (χ0n) is 18.9. The van der Waals surface area contributed by atoms with E-state index in [4.69, 9.17) is 9.73 Å². The molecule has 2 heterocycles. The lowest BCUT2D eigenvalue weighted by molar-refractivity contribution is 0.177. The Labute approximate surface area is 198 Å². The van der Waals surface area contributed by atoms with Crippen molar-refractivity contribution in [1.82, 2.24) is 30.3 Å². The molecule has 1 unspecified atom stereocenters. The van der Waals surface area contributed by atoms with Crippen molar-refractivity contribution < 1.29 is 4.74 Å². The van der Waals surface area contributed by atoms with Crippen LogP contribution >= 0.6 is 24.0 Å². The Morgan fingerprint density at radius 2 is 2.07 bits per heavy atom. The van der Waals surface area contributed by atoms with Crippen LogP contribution in [-0.2, 0) is 24.3 Å². The van der Waals surface area contributed by atoms with Crippen LogP contribution in [0, 0.1) is 0 Å². The predicted molar refractivity (Wildman–Crippen MR) is 131 cm³/mol. The number of aromatic nitrogens is 3. The summed E-state index contributed by atoms with van der Waals surface area (Å²) in [7, 11) is 3.95. The molecule has 0 aromatic carbocycles. The van der Waals surface area contributed by atoms with Gasteiger partial charge in [-0.25, -0.2) is 9.67 Å². The number of ether oxygens (including phenoxy) is 1. The molecular formula is C21H40IN7O. The fourth-order valence-electron chi connectivity index (χ4n) is 4.40. The molecule has 1 aromatic heterocycles. The van der Waals surface area contributed by atoms with Crippen LogP contribution in [0.4, 0.5) is 0 Å². The van der Waals surface area contributed by atoms with Gasteiger partial charge in [0, 0.05) is 38.7 Å². The third-order valence-electron chi connectivity index (χ3n) is 6.00. The average Bonchev–Trinajstić information content (AvgIpc) is 3.13. The molecule has 0 bridgehead atoms. The predicted octanol–water partition coefficient (Wildman–Crippen LogP) is 2.57. The molecule has 0 radical (unpaired) electrons. The second-order valence-electron chi connectivity index (χ2n) is 8.33. The Kier molecular flexibility index (Phi) is 11.4. The van der Waals surface area contributed by atoms with Gasteiger partial charge in [-0.3, -0.25) is 4.99 Å². The third-order valence-corrected chi connectivity index (χ3v) is 6.00. The van der Waals surface area contributed by atoms with Crippen molar-refractivity contribution in [2.24, 2.45) is 4.99 Å². The molecule has 172 valence electrons. The van der Waals surface area contributed by atoms with Crippen LogP contribution in [0.25, 0.3) is 0 Å². The van der Waals surface area contributed by atoms with E-state index < -0.39 is 0 Å². The van der Waals surface area contributed by atoms with Gasteiger partial charge in [0.05, 0.1) is 6.54 Å². The number of hydrogen-bond donors (Lipinski definition) is 2. The van der Waals surface area contributed by atoms with E-state index in [0.717, 1.165) is 69.1 Å². The van der Waals surface area contributed by atoms with Crippen molar-refractivity contribution in [3.8, 4) is 0 Å². The van der Waals surface area contributed by atoms with E-state index >= 15 is 0 Å². The van der Waals surface area contributed by atoms with Crippen molar-refractivity contribution in [2.75, 3.05) is 33.8 Å². The van der Waals surface area contributed by atoms with Crippen molar-refractivity contribution in [3.63, 3.8) is 0 Å². The number of fused-ring (bicyclic) bond motifs is 1. The van der Waals surface area contributed by atoms with E-state index in [1.54, 1.807) is 7.11 Å². The number of guanidine groups is 1. The SMILES string of the molecule is CCNC(=NCCCN(C)C1CCCCC1)NC1CCc2nc(COC)nn2C1.I. The lowest BCUT2D eigenvalue weighted by Gasteiger charge is -2.31. The van der Waals surface area contributed by atoms with Crippen molar-refractivity contribution >= 4 is 29.9 Å². The van der Waals surface area contributed by atoms with Crippen molar-refractivity contribution in [1.29, 1.82) is 0 Å². The van der Waals surface area contributed by atoms with Gasteiger partial charge < -0.3 is 20.3 Å². The number of aliphatic imine (C=N–C) groups is 1. The van der Waals surface area contributed by atoms with Crippen molar-refractivity contribution in [2.45, 2.75) is 83.5 Å². The highest BCUT2D eigenvalue weighted by Crippen LogP contribution is 2.21. The second kappa shape index (κ2) is 13.5. The number of nitrogens with one attached hydrogen (secondary N) is 2. The minimum absolute atomic E-state index is 0. The highest BCUT2D eigenvalue weighted by molar-refractivity contribution is 14.0. The van der Waals surface area contributed by atoms with Gasteiger partial charge >= 0.3 is 0 Å². The van der Waals surface area contributed by atoms with Crippen molar-refractivity contribution in [3.05, 3.63) is 11.6 Å². The van der Waals surface area contributed by atoms with Gasteiger partial charge in [-0.15, -0.1) is 24.0 Å². The van der Waals surface area contributed by atoms with Gasteiger partial charge in [-0.2, -0.15) is 5.10 Å². The largest absolute Gasteiger partial charge is 0.377 e. The first-order chi connectivity index (χ1) is 14.2. The van der Waals surface area contributed by atoms with Crippen LogP contribution in [0.2, 0.25) is 0 Å². The number of methoxy groups -OCH3 is 1. The van der Waals surface area contributed by atoms with Crippen LogP contribution in [-0.4, -0.2) is 71.5 Å². The fourth-order valence-corrected chi connectivity index (χ4v) is 4.40. The number of rotatable bonds is 9. The smallest absolute Gasteiger partial charge is 0.191 e. The normalized spacial score (nSPS) is 20.0. The molecular weight excluding hydrogens is 493 g/mol. The summed E-state index contributed by atoms with van der Waals surface area (Å²) in [5.41, 5.74) is 0. The van der Waals surface area contributed by atoms with E-state index in [9.17, 15) is 0 Å². The molecule has 9 heteroatoms. The molecule has 1 fully saturated rings. The summed E-state index contributed by atoms with van der Waals surface area (Å²) in [6.07, 6.45) is 10.00. The Bertz CT molecular complexity index is 645. The lowest BCUT2D eigenvalue weighted by atomic mass is 9.94. The van der Waals surface area contributed by atoms with Crippen LogP contribution < -0.4 is 10.6 Å². The molecule has 1 atom stereocenters. The molecule has 3 rings (SSSR count). The van der Waals surface area contributed by atoms with Gasteiger partial charge in [-0.1, -0.05) is 19.3 Å². The number of nitrogens with zero attached hydrogens (tertiary/aromatic N) is 5. The van der Waals surface area contributed by atoms with Gasteiger partial charge in [0.1, 0.15) is 12.4 Å². The van der Waals surface area contributed by atoms with Gasteiger partial charge in [-0.05, 0) is 46.2 Å². The topological polar surface area (TPSA) is 79.6 Å². The standard InChI is InChI=1S/C21H39N7O.HI/c1-4-22-21(23-13-8-14-27(2)18-9-6-5-7-10-18)24-17-11-12-20-25-19(16-29-3)26-28(20)15-17;/h17-18H,4-16H2,1-3H3,(H2,22,23,24);1H. The average molecular weight is 534 g/mol. The fraction of sp³-hybridized carbons (Fsp3) is 0.857. The molecule has 0 spiro atoms. The quantitative estimate of drug-likeness (QED) is 0.220. The first kappa shape index (κ1) is 25.3. The molecule has 0 amide bonds. The monoisotopic (exact) mass is 533 g/mol. The maximum Gasteiger partial charge on any atom is 0.191 e. The van der Waals surface area contributed by atoms with E-state index in [1.165, 1.54) is 32.1 Å². The minimum atomic E-state index is 0. The van der Waals surface area contributed by atoms with Gasteiger partial charge in [0.15, 0.2) is 11.8 Å². The van der Waals surface area contributed by atoms with Gasteiger partial charge in [0.25, 0.3) is 0 Å². The summed E-state index contributed by atoms with van der Waals surface area (Å²) < 4.78 is 7.16. The van der Waals surface area contributed by atoms with Gasteiger partial charge in [0.2, 0.25) is 0 Å². The summed E-state index contributed by atoms with van der Waals surface area (Å²) in [4.78, 5) is 11.9. The third kappa shape index (κ3) is 7.64. The number of hydrogen-bond acceptors (Lipinski definition) is 5. The van der Waals surface area contributed by atoms with Crippen LogP contribution in [0.1, 0.15) is 63.5 Å². The Morgan fingerprint density at radius 3 is 2.80 bits per heavy atom. The van der Waals surface area contributed by atoms with E-state index in [2.05, 4.69) is 39.6 Å². The molecule has 8 nitrogen and oxygen atoms in total. The Morgan fingerprint density at radius 1 is 1.27 bits per heavy atom. The molecule has 1 saturated carbocycles. The maximum absolute atomic E-state index is 5.15. The summed E-state index contributed by atoms with van der Waals surface area (Å²) in [6, 6.07) is 1.10. The Balaban J connectivity index is 0.00000320. The summed E-state index contributed by atoms with van der Waals surface area (Å²) in [5.74, 6) is 2.74. The first-order valence-corrected chi connectivity index (χ1v) is 11.4. The maximum atomic E-state index is 5.15. The molecule has 1 aliphatic carbocycles. The zero-order chi connectivity index (χ0) is 20.5. The molecule has 0 saturated heterocycles. The highest BCUT2D eigenvalue weighted by Gasteiger charge is 2.22. The zero-order valence-corrected chi connectivity index (χ0v) is 21.2. The second-order valence-corrected chi connectivity index (χ2v) is 8.33. The van der Waals surface area contributed by atoms with Crippen LogP contribution in [0.3, 0.4) is 0 Å². The summed E-state index contributed by atoms with van der Waals surface area (Å²) >= 11 is 0. The van der Waals surface area contributed by atoms with E-state index in [1.807, 2.05) is 4.68 Å². The molecule has 2 N–H and O–H groups in total. The Hall–Kier alpha value is -0.940. The number of aryl methyl sites for hydroxylation is 1. The van der Waals surface area contributed by atoms with Crippen LogP contribution in [0.5, 0.6) is 0 Å². The number of halogens is 1. The molecule has 2 aliphatic rings. The minimum Gasteiger partial charge on any atom is -0.377 e. The first-order valence-electron chi connectivity index (χ1n) is 11.4. The lowest BCUT2D eigenvalue weighted by Crippen LogP contribution is -2.47. The summed E-state index contributed by atoms with van der Waals surface area (Å²) in [6.45, 7) is 6.25. The van der Waals surface area contributed by atoms with Crippen LogP contribution in [0.15, 0.2) is 4.99 Å². The molecule has 30 heavy (non-hydrogen) atoms. The summed E-state index contributed by atoms with van der Waals surface area (Å²) in [5, 5.41) is 11.5. The van der Waals surface area contributed by atoms with E-state index in [0.29, 0.717) is 12.6 Å². The molecule has 1 aromatic rings. The molecule has 1 aliphatic heterocycles. The highest BCUT2D eigenvalue weighted by atomic mass is 127.